The number of rotatable bonds is 6. The molecule has 0 fully saturated rings. The lowest BCUT2D eigenvalue weighted by Gasteiger charge is -2.40. The summed E-state index contributed by atoms with van der Waals surface area (Å²) in [4.78, 5) is 39.0. The maximum absolute atomic E-state index is 13.3. The molecule has 1 heterocycles. The summed E-state index contributed by atoms with van der Waals surface area (Å²) < 4.78 is 10.6. The zero-order valence-electron chi connectivity index (χ0n) is 18.9. The number of anilines is 1. The van der Waals surface area contributed by atoms with E-state index in [1.165, 1.54) is 12.1 Å². The van der Waals surface area contributed by atoms with Gasteiger partial charge in [0.25, 0.3) is 5.69 Å². The molecule has 1 aliphatic carbocycles. The number of ketones is 1. The van der Waals surface area contributed by atoms with Gasteiger partial charge in [-0.05, 0) is 43.5 Å². The van der Waals surface area contributed by atoms with Crippen LogP contribution >= 0.6 is 0 Å². The van der Waals surface area contributed by atoms with Gasteiger partial charge in [0.05, 0.1) is 35.8 Å². The first-order chi connectivity index (χ1) is 16.4. The maximum Gasteiger partial charge on any atom is 0.338 e. The second-order valence-electron chi connectivity index (χ2n) is 7.98. The van der Waals surface area contributed by atoms with E-state index in [1.807, 2.05) is 0 Å². The van der Waals surface area contributed by atoms with E-state index in [1.54, 1.807) is 55.3 Å². The number of methoxy groups -OCH3 is 1. The number of Topliss-reactive ketones (excluding diaryl/α,β-unsaturated/α-hetero) is 1. The summed E-state index contributed by atoms with van der Waals surface area (Å²) in [6, 6.07) is 13.1. The molecule has 9 nitrogen and oxygen atoms in total. The Morgan fingerprint density at radius 3 is 2.59 bits per heavy atom. The zero-order valence-corrected chi connectivity index (χ0v) is 18.9. The van der Waals surface area contributed by atoms with E-state index in [4.69, 9.17) is 15.2 Å². The number of ether oxygens (including phenoxy) is 2. The van der Waals surface area contributed by atoms with E-state index in [-0.39, 0.29) is 29.5 Å². The van der Waals surface area contributed by atoms with Crippen LogP contribution in [0.1, 0.15) is 37.7 Å². The van der Waals surface area contributed by atoms with Crippen molar-refractivity contribution in [2.24, 2.45) is 5.73 Å². The Morgan fingerprint density at radius 2 is 1.94 bits per heavy atom. The molecule has 0 spiro atoms. The van der Waals surface area contributed by atoms with Gasteiger partial charge >= 0.3 is 5.97 Å². The van der Waals surface area contributed by atoms with Gasteiger partial charge in [-0.3, -0.25) is 19.8 Å². The summed E-state index contributed by atoms with van der Waals surface area (Å²) in [5, 5.41) is 11.4. The van der Waals surface area contributed by atoms with Crippen molar-refractivity contribution in [1.29, 1.82) is 0 Å². The molecule has 0 aromatic heterocycles. The van der Waals surface area contributed by atoms with Crippen LogP contribution in [-0.2, 0) is 14.3 Å². The van der Waals surface area contributed by atoms with Crippen LogP contribution in [0.4, 0.5) is 11.4 Å². The van der Waals surface area contributed by atoms with Crippen LogP contribution in [0, 0.1) is 10.1 Å². The molecule has 0 saturated heterocycles. The Kier molecular flexibility index (Phi) is 6.36. The molecule has 0 saturated carbocycles. The molecule has 2 aromatic rings. The van der Waals surface area contributed by atoms with Crippen molar-refractivity contribution in [3.63, 3.8) is 0 Å². The fraction of sp³-hybridized carbons (Fsp3) is 0.280. The quantitative estimate of drug-likeness (QED) is 0.388. The lowest BCUT2D eigenvalue weighted by Crippen LogP contribution is -2.41. The molecule has 0 radical (unpaired) electrons. The number of nitrogens with two attached hydrogens (primary N) is 1. The van der Waals surface area contributed by atoms with Gasteiger partial charge in [0.15, 0.2) is 5.78 Å². The second kappa shape index (κ2) is 9.38. The van der Waals surface area contributed by atoms with Crippen LogP contribution in [0.3, 0.4) is 0 Å². The highest BCUT2D eigenvalue weighted by molar-refractivity contribution is 6.05. The standard InChI is InChI=1S/C25H25N3O6/c1-3-34-25(30)23-21(15-10-12-18(33-2)13-11-15)22-19(8-5-9-20(22)29)27(24(23)26)16-6-4-7-17(14-16)28(31)32/h4,6-7,10-14,21H,3,5,8-9,26H2,1-2H3. The summed E-state index contributed by atoms with van der Waals surface area (Å²) in [6.07, 6.45) is 1.48. The van der Waals surface area contributed by atoms with Gasteiger partial charge < -0.3 is 15.2 Å². The van der Waals surface area contributed by atoms with E-state index < -0.39 is 16.8 Å². The van der Waals surface area contributed by atoms with Crippen molar-refractivity contribution in [1.82, 2.24) is 0 Å². The summed E-state index contributed by atoms with van der Waals surface area (Å²) in [5.74, 6) is -0.722. The third-order valence-corrected chi connectivity index (χ3v) is 6.04. The molecule has 34 heavy (non-hydrogen) atoms. The van der Waals surface area contributed by atoms with E-state index in [0.717, 1.165) is 0 Å². The number of carbonyl (C=O) groups excluding carboxylic acids is 2. The predicted molar refractivity (Wildman–Crippen MR) is 125 cm³/mol. The lowest BCUT2D eigenvalue weighted by atomic mass is 9.75. The van der Waals surface area contributed by atoms with E-state index >= 15 is 0 Å². The van der Waals surface area contributed by atoms with Crippen LogP contribution < -0.4 is 15.4 Å². The third-order valence-electron chi connectivity index (χ3n) is 6.04. The van der Waals surface area contributed by atoms with Gasteiger partial charge in [-0.15, -0.1) is 0 Å². The largest absolute Gasteiger partial charge is 0.497 e. The molecular formula is C25H25N3O6. The van der Waals surface area contributed by atoms with Gasteiger partial charge in [-0.2, -0.15) is 0 Å². The third kappa shape index (κ3) is 4.00. The monoisotopic (exact) mass is 463 g/mol. The van der Waals surface area contributed by atoms with Crippen molar-refractivity contribution in [2.75, 3.05) is 18.6 Å². The topological polar surface area (TPSA) is 125 Å². The first-order valence-electron chi connectivity index (χ1n) is 11.0. The highest BCUT2D eigenvalue weighted by Gasteiger charge is 2.43. The minimum absolute atomic E-state index is 0.0909. The van der Waals surface area contributed by atoms with Crippen LogP contribution in [-0.4, -0.2) is 30.4 Å². The number of hydrogen-bond acceptors (Lipinski definition) is 8. The van der Waals surface area contributed by atoms with E-state index in [0.29, 0.717) is 47.5 Å². The molecule has 1 atom stereocenters. The SMILES string of the molecule is CCOC(=O)C1=C(N)N(c2cccc([N+](=O)[O-])c2)C2=C(C(=O)CCC2)C1c1ccc(OC)cc1. The average molecular weight is 463 g/mol. The summed E-state index contributed by atoms with van der Waals surface area (Å²) in [5.41, 5.74) is 8.83. The fourth-order valence-electron chi connectivity index (χ4n) is 4.57. The highest BCUT2D eigenvalue weighted by Crippen LogP contribution is 2.47. The molecular weight excluding hydrogens is 438 g/mol. The Morgan fingerprint density at radius 1 is 1.21 bits per heavy atom. The van der Waals surface area contributed by atoms with Crippen molar-refractivity contribution in [3.8, 4) is 5.75 Å². The summed E-state index contributed by atoms with van der Waals surface area (Å²) >= 11 is 0. The first kappa shape index (κ1) is 23.0. The Balaban J connectivity index is 1.97. The number of allylic oxidation sites excluding steroid dienone is 2. The minimum Gasteiger partial charge on any atom is -0.497 e. The Labute approximate surface area is 196 Å². The number of esters is 1. The molecule has 2 aliphatic rings. The van der Waals surface area contributed by atoms with Crippen LogP contribution in [0.5, 0.6) is 5.75 Å². The average Bonchev–Trinajstić information content (AvgIpc) is 2.83. The molecule has 0 bridgehead atoms. The molecule has 2 aromatic carbocycles. The molecule has 1 unspecified atom stereocenters. The lowest BCUT2D eigenvalue weighted by molar-refractivity contribution is -0.384. The van der Waals surface area contributed by atoms with Crippen LogP contribution in [0.25, 0.3) is 0 Å². The molecule has 0 amide bonds. The zero-order chi connectivity index (χ0) is 24.4. The molecule has 1 aliphatic heterocycles. The molecule has 176 valence electrons. The van der Waals surface area contributed by atoms with Crippen molar-refractivity contribution < 1.29 is 24.0 Å². The molecule has 9 heteroatoms. The number of non-ortho nitro benzene ring substituents is 1. The Bertz CT molecular complexity index is 1220. The number of nitro benzene ring substituents is 1. The predicted octanol–water partition coefficient (Wildman–Crippen LogP) is 3.95. The normalized spacial score (nSPS) is 18.0. The van der Waals surface area contributed by atoms with Crippen molar-refractivity contribution >= 4 is 23.1 Å². The van der Waals surface area contributed by atoms with Gasteiger partial charge in [-0.25, -0.2) is 4.79 Å². The smallest absolute Gasteiger partial charge is 0.338 e. The minimum atomic E-state index is -0.720. The van der Waals surface area contributed by atoms with Gasteiger partial charge in [0.2, 0.25) is 0 Å². The van der Waals surface area contributed by atoms with E-state index in [2.05, 4.69) is 0 Å². The van der Waals surface area contributed by atoms with Crippen LogP contribution in [0.2, 0.25) is 0 Å². The van der Waals surface area contributed by atoms with Gasteiger partial charge in [0, 0.05) is 29.8 Å². The maximum atomic E-state index is 13.3. The van der Waals surface area contributed by atoms with Crippen LogP contribution in [0.15, 0.2) is 71.2 Å². The second-order valence-corrected chi connectivity index (χ2v) is 7.98. The van der Waals surface area contributed by atoms with E-state index in [9.17, 15) is 19.7 Å². The number of carbonyl (C=O) groups is 2. The summed E-state index contributed by atoms with van der Waals surface area (Å²) in [6.45, 7) is 1.82. The van der Waals surface area contributed by atoms with Crippen molar-refractivity contribution in [3.05, 3.63) is 86.9 Å². The first-order valence-corrected chi connectivity index (χ1v) is 11.0. The van der Waals surface area contributed by atoms with Gasteiger partial charge in [-0.1, -0.05) is 18.2 Å². The number of nitro groups is 1. The number of benzene rings is 2. The summed E-state index contributed by atoms with van der Waals surface area (Å²) in [7, 11) is 1.56. The van der Waals surface area contributed by atoms with Crippen molar-refractivity contribution in [2.45, 2.75) is 32.1 Å². The number of nitrogens with zero attached hydrogens (tertiary/aromatic N) is 2. The molecule has 2 N–H and O–H groups in total. The number of hydrogen-bond donors (Lipinski definition) is 1. The van der Waals surface area contributed by atoms with Gasteiger partial charge in [0.1, 0.15) is 11.6 Å². The fourth-order valence-corrected chi connectivity index (χ4v) is 4.57. The molecule has 4 rings (SSSR count). The Hall–Kier alpha value is -4.14. The highest BCUT2D eigenvalue weighted by atomic mass is 16.6.